The topological polar surface area (TPSA) is 59.5 Å². The third-order valence-electron chi connectivity index (χ3n) is 4.81. The molecule has 0 radical (unpaired) electrons. The number of likely N-dealkylation sites (N-methyl/N-ethyl adjacent to an activating group) is 1. The van der Waals surface area contributed by atoms with Gasteiger partial charge in [-0.2, -0.15) is 0 Å². The molecule has 0 aliphatic heterocycles. The average molecular weight is 376 g/mol. The Kier molecular flexibility index (Phi) is 6.04. The van der Waals surface area contributed by atoms with E-state index in [4.69, 9.17) is 4.74 Å². The van der Waals surface area contributed by atoms with Crippen LogP contribution in [0.4, 0.5) is 0 Å². The zero-order chi connectivity index (χ0) is 20.1. The highest BCUT2D eigenvalue weighted by Gasteiger charge is 2.20. The Bertz CT molecular complexity index is 999. The molecule has 5 nitrogen and oxygen atoms in total. The molecule has 0 N–H and O–H groups in total. The molecule has 28 heavy (non-hydrogen) atoms. The van der Waals surface area contributed by atoms with E-state index in [9.17, 15) is 9.59 Å². The van der Waals surface area contributed by atoms with Crippen LogP contribution in [0.3, 0.4) is 0 Å². The number of carbonyl (C=O) groups excluding carboxylic acids is 2. The second-order valence-corrected chi connectivity index (χ2v) is 6.68. The zero-order valence-corrected chi connectivity index (χ0v) is 16.4. The number of fused-ring (bicyclic) bond motifs is 1. The minimum absolute atomic E-state index is 0.219. The van der Waals surface area contributed by atoms with Crippen LogP contribution in [0.5, 0.6) is 0 Å². The van der Waals surface area contributed by atoms with Gasteiger partial charge in [0.15, 0.2) is 6.61 Å². The molecule has 0 saturated heterocycles. The lowest BCUT2D eigenvalue weighted by atomic mass is 10.0. The van der Waals surface area contributed by atoms with Gasteiger partial charge in [0.05, 0.1) is 16.8 Å². The Morgan fingerprint density at radius 3 is 2.39 bits per heavy atom. The van der Waals surface area contributed by atoms with Crippen LogP contribution in [-0.2, 0) is 16.1 Å². The molecule has 0 spiro atoms. The molecule has 3 aromatic rings. The molecule has 0 saturated carbocycles. The van der Waals surface area contributed by atoms with E-state index in [-0.39, 0.29) is 12.5 Å². The number of benzene rings is 2. The van der Waals surface area contributed by atoms with Crippen LogP contribution in [0.15, 0.2) is 54.6 Å². The summed E-state index contributed by atoms with van der Waals surface area (Å²) in [7, 11) is 0. The Morgan fingerprint density at radius 1 is 1.00 bits per heavy atom. The summed E-state index contributed by atoms with van der Waals surface area (Å²) in [5.74, 6) is -0.735. The van der Waals surface area contributed by atoms with Crippen LogP contribution in [0.25, 0.3) is 10.9 Å². The lowest BCUT2D eigenvalue weighted by molar-refractivity contribution is -0.134. The fraction of sp³-hybridized carbons (Fsp3) is 0.261. The molecule has 3 rings (SSSR count). The van der Waals surface area contributed by atoms with Gasteiger partial charge in [0.2, 0.25) is 0 Å². The average Bonchev–Trinajstić information content (AvgIpc) is 2.71. The maximum absolute atomic E-state index is 12.7. The number of hydrogen-bond acceptors (Lipinski definition) is 4. The normalized spacial score (nSPS) is 10.7. The highest BCUT2D eigenvalue weighted by molar-refractivity contribution is 5.99. The van der Waals surface area contributed by atoms with Crippen LogP contribution in [0.1, 0.15) is 34.1 Å². The van der Waals surface area contributed by atoms with Crippen LogP contribution < -0.4 is 0 Å². The van der Waals surface area contributed by atoms with Crippen molar-refractivity contribution in [2.75, 3.05) is 13.2 Å². The molecule has 0 atom stereocenters. The lowest BCUT2D eigenvalue weighted by Gasteiger charge is -2.21. The Hall–Kier alpha value is -3.21. The van der Waals surface area contributed by atoms with E-state index in [1.807, 2.05) is 68.4 Å². The molecule has 0 bridgehead atoms. The molecule has 0 aliphatic carbocycles. The highest BCUT2D eigenvalue weighted by atomic mass is 16.5. The fourth-order valence-electron chi connectivity index (χ4n) is 3.30. The van der Waals surface area contributed by atoms with Crippen molar-refractivity contribution in [2.45, 2.75) is 27.3 Å². The third-order valence-corrected chi connectivity index (χ3v) is 4.81. The summed E-state index contributed by atoms with van der Waals surface area (Å²) in [6.45, 7) is 6.31. The summed E-state index contributed by atoms with van der Waals surface area (Å²) >= 11 is 0. The molecule has 144 valence electrons. The van der Waals surface area contributed by atoms with E-state index >= 15 is 0 Å². The highest BCUT2D eigenvalue weighted by Crippen LogP contribution is 2.23. The molecule has 1 aromatic heterocycles. The van der Waals surface area contributed by atoms with Crippen molar-refractivity contribution in [3.63, 3.8) is 0 Å². The van der Waals surface area contributed by atoms with E-state index in [2.05, 4.69) is 4.98 Å². The van der Waals surface area contributed by atoms with Crippen molar-refractivity contribution in [3.05, 3.63) is 77.0 Å². The van der Waals surface area contributed by atoms with Crippen molar-refractivity contribution < 1.29 is 14.3 Å². The lowest BCUT2D eigenvalue weighted by Crippen LogP contribution is -2.34. The number of ether oxygens (including phenoxy) is 1. The number of nitrogens with zero attached hydrogens (tertiary/aromatic N) is 2. The summed E-state index contributed by atoms with van der Waals surface area (Å²) in [6, 6.07) is 17.4. The summed E-state index contributed by atoms with van der Waals surface area (Å²) in [4.78, 5) is 31.4. The Morgan fingerprint density at radius 2 is 1.68 bits per heavy atom. The van der Waals surface area contributed by atoms with E-state index < -0.39 is 5.97 Å². The number of hydrogen-bond donors (Lipinski definition) is 0. The SMILES string of the molecule is CCN(Cc1ccccc1)C(=O)COC(=O)c1c(C)nc2ccccc2c1C. The Labute approximate surface area is 165 Å². The minimum atomic E-state index is -0.516. The Balaban J connectivity index is 1.71. The van der Waals surface area contributed by atoms with Crippen molar-refractivity contribution >= 4 is 22.8 Å². The predicted molar refractivity (Wildman–Crippen MR) is 109 cm³/mol. The van der Waals surface area contributed by atoms with Gasteiger partial charge >= 0.3 is 5.97 Å². The van der Waals surface area contributed by atoms with Gasteiger partial charge in [-0.05, 0) is 38.0 Å². The number of para-hydroxylation sites is 1. The first-order valence-electron chi connectivity index (χ1n) is 9.36. The van der Waals surface area contributed by atoms with E-state index in [1.54, 1.807) is 11.8 Å². The van der Waals surface area contributed by atoms with Gasteiger partial charge in [0.1, 0.15) is 0 Å². The number of esters is 1. The van der Waals surface area contributed by atoms with Crippen molar-refractivity contribution in [3.8, 4) is 0 Å². The van der Waals surface area contributed by atoms with Crippen molar-refractivity contribution in [1.29, 1.82) is 0 Å². The van der Waals surface area contributed by atoms with Crippen LogP contribution >= 0.6 is 0 Å². The standard InChI is InChI=1S/C23H24N2O3/c1-4-25(14-18-10-6-5-7-11-18)21(26)15-28-23(27)22-16(2)19-12-8-9-13-20(19)24-17(22)3/h5-13H,4,14-15H2,1-3H3. The quantitative estimate of drug-likeness (QED) is 0.609. The molecule has 1 amide bonds. The zero-order valence-electron chi connectivity index (χ0n) is 16.4. The van der Waals surface area contributed by atoms with Gasteiger partial charge in [0.25, 0.3) is 5.91 Å². The first kappa shape index (κ1) is 19.5. The summed E-state index contributed by atoms with van der Waals surface area (Å²) < 4.78 is 5.35. The number of carbonyl (C=O) groups is 2. The minimum Gasteiger partial charge on any atom is -0.452 e. The second-order valence-electron chi connectivity index (χ2n) is 6.68. The van der Waals surface area contributed by atoms with E-state index in [1.165, 1.54) is 0 Å². The molecule has 0 fully saturated rings. The number of amides is 1. The predicted octanol–water partition coefficient (Wildman–Crippen LogP) is 4.06. The van der Waals surface area contributed by atoms with Crippen LogP contribution in [0.2, 0.25) is 0 Å². The molecule has 0 unspecified atom stereocenters. The molecule has 1 heterocycles. The summed E-state index contributed by atoms with van der Waals surface area (Å²) in [5.41, 5.74) is 3.72. The summed E-state index contributed by atoms with van der Waals surface area (Å²) in [6.07, 6.45) is 0. The molecule has 5 heteroatoms. The number of aromatic nitrogens is 1. The smallest absolute Gasteiger partial charge is 0.340 e. The van der Waals surface area contributed by atoms with Gasteiger partial charge in [-0.1, -0.05) is 48.5 Å². The monoisotopic (exact) mass is 376 g/mol. The number of rotatable bonds is 6. The van der Waals surface area contributed by atoms with Crippen molar-refractivity contribution in [2.24, 2.45) is 0 Å². The number of pyridine rings is 1. The first-order valence-corrected chi connectivity index (χ1v) is 9.36. The molecule has 2 aromatic carbocycles. The van der Waals surface area contributed by atoms with Crippen LogP contribution in [0, 0.1) is 13.8 Å². The van der Waals surface area contributed by atoms with Crippen LogP contribution in [-0.4, -0.2) is 34.9 Å². The van der Waals surface area contributed by atoms with E-state index in [0.29, 0.717) is 24.3 Å². The first-order chi connectivity index (χ1) is 13.5. The molecule has 0 aliphatic rings. The van der Waals surface area contributed by atoms with Gasteiger partial charge in [0, 0.05) is 18.5 Å². The third kappa shape index (κ3) is 4.19. The van der Waals surface area contributed by atoms with Gasteiger partial charge < -0.3 is 9.64 Å². The largest absolute Gasteiger partial charge is 0.452 e. The molecular weight excluding hydrogens is 352 g/mol. The maximum atomic E-state index is 12.7. The second kappa shape index (κ2) is 8.65. The van der Waals surface area contributed by atoms with Gasteiger partial charge in [-0.25, -0.2) is 4.79 Å². The molecular formula is C23H24N2O3. The summed E-state index contributed by atoms with van der Waals surface area (Å²) in [5, 5.41) is 0.908. The maximum Gasteiger partial charge on any atom is 0.340 e. The van der Waals surface area contributed by atoms with Crippen molar-refractivity contribution in [1.82, 2.24) is 9.88 Å². The van der Waals surface area contributed by atoms with Gasteiger partial charge in [-0.15, -0.1) is 0 Å². The van der Waals surface area contributed by atoms with Gasteiger partial charge in [-0.3, -0.25) is 9.78 Å². The number of aryl methyl sites for hydroxylation is 2. The fourth-order valence-corrected chi connectivity index (χ4v) is 3.30. The van der Waals surface area contributed by atoms with E-state index in [0.717, 1.165) is 22.0 Å².